The van der Waals surface area contributed by atoms with Gasteiger partial charge in [-0.2, -0.15) is 5.26 Å². The highest BCUT2D eigenvalue weighted by molar-refractivity contribution is 9.10. The average molecular weight is 393 g/mol. The van der Waals surface area contributed by atoms with Crippen LogP contribution in [-0.4, -0.2) is 25.2 Å². The quantitative estimate of drug-likeness (QED) is 0.414. The molecule has 0 heterocycles. The molecular formula is C18H21BrN2O3. The lowest BCUT2D eigenvalue weighted by Gasteiger charge is -2.13. The highest BCUT2D eigenvalue weighted by Gasteiger charge is 2.14. The molecule has 0 aliphatic rings. The number of benzene rings is 1. The first-order valence-electron chi connectivity index (χ1n) is 7.55. The molecule has 0 unspecified atom stereocenters. The summed E-state index contributed by atoms with van der Waals surface area (Å²) in [7, 11) is 0. The molecule has 0 radical (unpaired) electrons. The average Bonchev–Trinajstić information content (AvgIpc) is 2.52. The van der Waals surface area contributed by atoms with Gasteiger partial charge in [0.15, 0.2) is 11.5 Å². The summed E-state index contributed by atoms with van der Waals surface area (Å²) in [5.74, 6) is 0.686. The Morgan fingerprint density at radius 2 is 2.08 bits per heavy atom. The summed E-state index contributed by atoms with van der Waals surface area (Å²) in [6.07, 6.45) is 3.16. The van der Waals surface area contributed by atoms with Crippen molar-refractivity contribution in [3.05, 3.63) is 40.4 Å². The van der Waals surface area contributed by atoms with Crippen LogP contribution in [0.3, 0.4) is 0 Å². The van der Waals surface area contributed by atoms with Gasteiger partial charge in [-0.25, -0.2) is 0 Å². The van der Waals surface area contributed by atoms with E-state index in [1.807, 2.05) is 26.8 Å². The number of nitrogens with zero attached hydrogens (tertiary/aromatic N) is 1. The fraction of sp³-hybridized carbons (Fsp3) is 0.333. The van der Waals surface area contributed by atoms with Crippen LogP contribution in [0.25, 0.3) is 6.08 Å². The van der Waals surface area contributed by atoms with Crippen molar-refractivity contribution in [2.45, 2.75) is 26.8 Å². The van der Waals surface area contributed by atoms with Crippen LogP contribution in [-0.2, 0) is 4.79 Å². The largest absolute Gasteiger partial charge is 0.490 e. The molecule has 0 fully saturated rings. The smallest absolute Gasteiger partial charge is 0.262 e. The van der Waals surface area contributed by atoms with Crippen LogP contribution < -0.4 is 14.8 Å². The van der Waals surface area contributed by atoms with Gasteiger partial charge >= 0.3 is 0 Å². The van der Waals surface area contributed by atoms with Crippen molar-refractivity contribution in [1.29, 1.82) is 5.26 Å². The Balaban J connectivity index is 3.24. The number of rotatable bonds is 8. The Morgan fingerprint density at radius 1 is 1.42 bits per heavy atom. The molecule has 1 N–H and O–H groups in total. The predicted octanol–water partition coefficient (Wildman–Crippen LogP) is 3.84. The fourth-order valence-corrected chi connectivity index (χ4v) is 2.27. The molecule has 0 aliphatic carbocycles. The molecule has 5 nitrogen and oxygen atoms in total. The maximum atomic E-state index is 12.0. The number of amides is 1. The van der Waals surface area contributed by atoms with E-state index in [0.717, 1.165) is 0 Å². The van der Waals surface area contributed by atoms with Crippen molar-refractivity contribution in [2.24, 2.45) is 0 Å². The molecule has 0 saturated carbocycles. The molecule has 1 rings (SSSR count). The molecule has 128 valence electrons. The van der Waals surface area contributed by atoms with Gasteiger partial charge in [-0.3, -0.25) is 4.79 Å². The zero-order valence-corrected chi connectivity index (χ0v) is 15.6. The third-order valence-electron chi connectivity index (χ3n) is 2.80. The van der Waals surface area contributed by atoms with Gasteiger partial charge in [-0.05, 0) is 44.5 Å². The van der Waals surface area contributed by atoms with Gasteiger partial charge in [-0.15, -0.1) is 0 Å². The van der Waals surface area contributed by atoms with Gasteiger partial charge < -0.3 is 14.8 Å². The summed E-state index contributed by atoms with van der Waals surface area (Å²) in [5, 5.41) is 11.9. The SMILES string of the molecule is C=CCOc1cc(Br)c(/C=C(/C#N)C(=O)NC(C)C)cc1OCC. The van der Waals surface area contributed by atoms with E-state index in [-0.39, 0.29) is 11.6 Å². The third-order valence-corrected chi connectivity index (χ3v) is 3.49. The zero-order chi connectivity index (χ0) is 18.1. The Bertz CT molecular complexity index is 676. The summed E-state index contributed by atoms with van der Waals surface area (Å²) in [4.78, 5) is 12.0. The molecule has 0 aliphatic heterocycles. The normalized spacial score (nSPS) is 10.9. The van der Waals surface area contributed by atoms with Crippen LogP contribution >= 0.6 is 15.9 Å². The van der Waals surface area contributed by atoms with E-state index in [9.17, 15) is 10.1 Å². The van der Waals surface area contributed by atoms with Crippen LogP contribution in [0.1, 0.15) is 26.3 Å². The Kier molecular flexibility index (Phi) is 8.07. The number of halogens is 1. The van der Waals surface area contributed by atoms with E-state index in [1.54, 1.807) is 18.2 Å². The van der Waals surface area contributed by atoms with Gasteiger partial charge in [0.2, 0.25) is 0 Å². The molecular weight excluding hydrogens is 372 g/mol. The van der Waals surface area contributed by atoms with E-state index < -0.39 is 5.91 Å². The van der Waals surface area contributed by atoms with Gasteiger partial charge in [0.05, 0.1) is 6.61 Å². The standard InChI is InChI=1S/C18H21BrN2O3/c1-5-7-24-17-10-15(19)13(9-16(17)23-6-2)8-14(11-20)18(22)21-12(3)4/h5,8-10,12H,1,6-7H2,2-4H3,(H,21,22)/b14-8-. The van der Waals surface area contributed by atoms with Gasteiger partial charge in [0.25, 0.3) is 5.91 Å². The van der Waals surface area contributed by atoms with E-state index in [4.69, 9.17) is 9.47 Å². The molecule has 1 aromatic carbocycles. The lowest BCUT2D eigenvalue weighted by atomic mass is 10.1. The number of nitriles is 1. The summed E-state index contributed by atoms with van der Waals surface area (Å²) in [5.41, 5.74) is 0.673. The van der Waals surface area contributed by atoms with Crippen molar-refractivity contribution < 1.29 is 14.3 Å². The summed E-state index contributed by atoms with van der Waals surface area (Å²) in [6, 6.07) is 5.35. The molecule has 6 heteroatoms. The first kappa shape index (κ1) is 19.8. The third kappa shape index (κ3) is 5.74. The Labute approximate surface area is 151 Å². The molecule has 0 aromatic heterocycles. The molecule has 24 heavy (non-hydrogen) atoms. The first-order chi connectivity index (χ1) is 11.4. The van der Waals surface area contributed by atoms with Crippen LogP contribution in [0.15, 0.2) is 34.8 Å². The first-order valence-corrected chi connectivity index (χ1v) is 8.34. The molecule has 0 bridgehead atoms. The Morgan fingerprint density at radius 3 is 2.62 bits per heavy atom. The number of carbonyl (C=O) groups excluding carboxylic acids is 1. The minimum absolute atomic E-state index is 0.0200. The topological polar surface area (TPSA) is 71.3 Å². The van der Waals surface area contributed by atoms with Gasteiger partial charge in [-0.1, -0.05) is 28.6 Å². The van der Waals surface area contributed by atoms with Crippen molar-refractivity contribution in [3.63, 3.8) is 0 Å². The highest BCUT2D eigenvalue weighted by Crippen LogP contribution is 2.35. The van der Waals surface area contributed by atoms with Gasteiger partial charge in [0.1, 0.15) is 18.2 Å². The second-order valence-corrected chi connectivity index (χ2v) is 6.01. The number of nitrogens with one attached hydrogen (secondary N) is 1. The summed E-state index contributed by atoms with van der Waals surface area (Å²) in [6.45, 7) is 9.97. The molecule has 0 saturated heterocycles. The fourth-order valence-electron chi connectivity index (χ4n) is 1.84. The number of ether oxygens (including phenoxy) is 2. The molecule has 0 atom stereocenters. The van der Waals surface area contributed by atoms with Crippen molar-refractivity contribution in [1.82, 2.24) is 5.32 Å². The van der Waals surface area contributed by atoms with Gasteiger partial charge in [0, 0.05) is 10.5 Å². The van der Waals surface area contributed by atoms with E-state index in [1.165, 1.54) is 6.08 Å². The van der Waals surface area contributed by atoms with Crippen molar-refractivity contribution in [3.8, 4) is 17.6 Å². The maximum Gasteiger partial charge on any atom is 0.262 e. The Hall–Kier alpha value is -2.26. The van der Waals surface area contributed by atoms with Crippen LogP contribution in [0.2, 0.25) is 0 Å². The second-order valence-electron chi connectivity index (χ2n) is 5.15. The van der Waals surface area contributed by atoms with Crippen LogP contribution in [0.4, 0.5) is 0 Å². The minimum atomic E-state index is -0.413. The lowest BCUT2D eigenvalue weighted by molar-refractivity contribution is -0.117. The van der Waals surface area contributed by atoms with E-state index >= 15 is 0 Å². The van der Waals surface area contributed by atoms with E-state index in [2.05, 4.69) is 27.8 Å². The van der Waals surface area contributed by atoms with Crippen molar-refractivity contribution >= 4 is 27.9 Å². The maximum absolute atomic E-state index is 12.0. The molecule has 1 amide bonds. The van der Waals surface area contributed by atoms with Crippen LogP contribution in [0.5, 0.6) is 11.5 Å². The predicted molar refractivity (Wildman–Crippen MR) is 97.9 cm³/mol. The number of hydrogen-bond donors (Lipinski definition) is 1. The summed E-state index contributed by atoms with van der Waals surface area (Å²) >= 11 is 3.43. The minimum Gasteiger partial charge on any atom is -0.490 e. The zero-order valence-electron chi connectivity index (χ0n) is 14.1. The molecule has 0 spiro atoms. The number of hydrogen-bond acceptors (Lipinski definition) is 4. The summed E-state index contributed by atoms with van der Waals surface area (Å²) < 4.78 is 11.8. The highest BCUT2D eigenvalue weighted by atomic mass is 79.9. The second kappa shape index (κ2) is 9.78. The molecule has 1 aromatic rings. The number of carbonyl (C=O) groups is 1. The lowest BCUT2D eigenvalue weighted by Crippen LogP contribution is -2.30. The van der Waals surface area contributed by atoms with Crippen molar-refractivity contribution in [2.75, 3.05) is 13.2 Å². The van der Waals surface area contributed by atoms with E-state index in [0.29, 0.717) is 34.7 Å². The van der Waals surface area contributed by atoms with Crippen LogP contribution in [0, 0.1) is 11.3 Å². The monoisotopic (exact) mass is 392 g/mol.